The zero-order chi connectivity index (χ0) is 15.6. The Morgan fingerprint density at radius 3 is 2.48 bits per heavy atom. The lowest BCUT2D eigenvalue weighted by molar-refractivity contribution is 0.647. The number of aryl methyl sites for hydroxylation is 1. The van der Waals surface area contributed by atoms with E-state index in [0.29, 0.717) is 0 Å². The Hall–Kier alpha value is -2.69. The number of benzene rings is 1. The molecular formula is C18H19N5. The maximum absolute atomic E-state index is 4.45. The molecule has 1 aliphatic rings. The number of hydrogen-bond acceptors (Lipinski definition) is 5. The predicted octanol–water partition coefficient (Wildman–Crippen LogP) is 2.66. The Bertz CT molecular complexity index is 819. The minimum atomic E-state index is 0.965. The van der Waals surface area contributed by atoms with Gasteiger partial charge < -0.3 is 9.80 Å². The fraction of sp³-hybridized carbons (Fsp3) is 0.278. The molecular weight excluding hydrogens is 286 g/mol. The summed E-state index contributed by atoms with van der Waals surface area (Å²) in [4.78, 5) is 17.8. The Labute approximate surface area is 135 Å². The third kappa shape index (κ3) is 2.70. The molecule has 5 heteroatoms. The number of rotatable bonds is 2. The fourth-order valence-electron chi connectivity index (χ4n) is 3.15. The minimum absolute atomic E-state index is 0.965. The van der Waals surface area contributed by atoms with Gasteiger partial charge >= 0.3 is 0 Å². The maximum atomic E-state index is 4.45. The molecule has 0 saturated carbocycles. The van der Waals surface area contributed by atoms with Crippen LogP contribution in [0.4, 0.5) is 11.5 Å². The second-order valence-corrected chi connectivity index (χ2v) is 5.84. The highest BCUT2D eigenvalue weighted by Gasteiger charge is 2.19. The molecule has 0 amide bonds. The zero-order valence-electron chi connectivity index (χ0n) is 13.2. The van der Waals surface area contributed by atoms with E-state index in [1.807, 2.05) is 19.2 Å². The van der Waals surface area contributed by atoms with E-state index in [4.69, 9.17) is 0 Å². The van der Waals surface area contributed by atoms with E-state index in [-0.39, 0.29) is 0 Å². The van der Waals surface area contributed by atoms with Crippen molar-refractivity contribution in [3.05, 3.63) is 54.6 Å². The fourth-order valence-corrected chi connectivity index (χ4v) is 3.15. The summed E-state index contributed by atoms with van der Waals surface area (Å²) in [5.41, 5.74) is 3.34. The highest BCUT2D eigenvalue weighted by molar-refractivity contribution is 5.91. The number of nitrogens with zero attached hydrogens (tertiary/aromatic N) is 5. The van der Waals surface area contributed by atoms with Gasteiger partial charge in [-0.05, 0) is 19.1 Å². The van der Waals surface area contributed by atoms with Gasteiger partial charge in [0, 0.05) is 55.2 Å². The summed E-state index contributed by atoms with van der Waals surface area (Å²) >= 11 is 0. The molecule has 1 fully saturated rings. The summed E-state index contributed by atoms with van der Waals surface area (Å²) in [7, 11) is 0. The van der Waals surface area contributed by atoms with E-state index in [0.717, 1.165) is 43.2 Å². The SMILES string of the molecule is Cc1cc(N2CCN(c3ccnc4ccccc34)CC2)ncn1. The first-order chi connectivity index (χ1) is 11.3. The van der Waals surface area contributed by atoms with Crippen molar-refractivity contribution in [3.8, 4) is 0 Å². The van der Waals surface area contributed by atoms with Crippen LogP contribution in [-0.2, 0) is 0 Å². The van der Waals surface area contributed by atoms with Crippen LogP contribution in [0.25, 0.3) is 10.9 Å². The molecule has 1 saturated heterocycles. The topological polar surface area (TPSA) is 45.2 Å². The van der Waals surface area contributed by atoms with Gasteiger partial charge in [0.15, 0.2) is 0 Å². The molecule has 1 aromatic carbocycles. The number of pyridine rings is 1. The number of hydrogen-bond donors (Lipinski definition) is 0. The van der Waals surface area contributed by atoms with Gasteiger partial charge in [-0.2, -0.15) is 0 Å². The molecule has 116 valence electrons. The average molecular weight is 305 g/mol. The lowest BCUT2D eigenvalue weighted by atomic mass is 10.1. The quantitative estimate of drug-likeness (QED) is 0.728. The molecule has 2 aromatic heterocycles. The van der Waals surface area contributed by atoms with Gasteiger partial charge in [-0.25, -0.2) is 9.97 Å². The van der Waals surface area contributed by atoms with E-state index in [2.05, 4.69) is 55.1 Å². The number of para-hydroxylation sites is 1. The van der Waals surface area contributed by atoms with Crippen LogP contribution < -0.4 is 9.80 Å². The van der Waals surface area contributed by atoms with E-state index >= 15 is 0 Å². The average Bonchev–Trinajstić information content (AvgIpc) is 2.61. The Morgan fingerprint density at radius 2 is 1.65 bits per heavy atom. The lowest BCUT2D eigenvalue weighted by Gasteiger charge is -2.37. The Balaban J connectivity index is 1.55. The summed E-state index contributed by atoms with van der Waals surface area (Å²) in [5.74, 6) is 1.02. The van der Waals surface area contributed by atoms with Gasteiger partial charge in [0.25, 0.3) is 0 Å². The molecule has 3 aromatic rings. The van der Waals surface area contributed by atoms with Crippen LogP contribution in [0.2, 0.25) is 0 Å². The molecule has 0 atom stereocenters. The Morgan fingerprint density at radius 1 is 0.870 bits per heavy atom. The van der Waals surface area contributed by atoms with Crippen molar-refractivity contribution in [3.63, 3.8) is 0 Å². The first-order valence-electron chi connectivity index (χ1n) is 7.93. The molecule has 3 heterocycles. The maximum Gasteiger partial charge on any atom is 0.132 e. The predicted molar refractivity (Wildman–Crippen MR) is 92.9 cm³/mol. The summed E-state index contributed by atoms with van der Waals surface area (Å²) < 4.78 is 0. The third-order valence-electron chi connectivity index (χ3n) is 4.36. The Kier molecular flexibility index (Phi) is 3.54. The normalized spacial score (nSPS) is 15.2. The summed E-state index contributed by atoms with van der Waals surface area (Å²) in [6, 6.07) is 12.5. The first kappa shape index (κ1) is 13.9. The van der Waals surface area contributed by atoms with Crippen LogP contribution in [0.15, 0.2) is 48.9 Å². The van der Waals surface area contributed by atoms with Crippen molar-refractivity contribution in [1.29, 1.82) is 0 Å². The molecule has 1 aliphatic heterocycles. The van der Waals surface area contributed by atoms with Gasteiger partial charge in [-0.3, -0.25) is 4.98 Å². The summed E-state index contributed by atoms with van der Waals surface area (Å²) in [6.45, 7) is 5.90. The molecule has 23 heavy (non-hydrogen) atoms. The van der Waals surface area contributed by atoms with E-state index in [1.54, 1.807) is 6.33 Å². The number of piperazine rings is 1. The second kappa shape index (κ2) is 5.83. The summed E-state index contributed by atoms with van der Waals surface area (Å²) in [6.07, 6.45) is 3.55. The highest BCUT2D eigenvalue weighted by atomic mass is 15.3. The van der Waals surface area contributed by atoms with E-state index in [9.17, 15) is 0 Å². The molecule has 0 radical (unpaired) electrons. The standard InChI is InChI=1S/C18H19N5/c1-14-12-18(21-13-20-14)23-10-8-22(9-11-23)17-6-7-19-16-5-3-2-4-15(16)17/h2-7,12-13H,8-11H2,1H3. The first-order valence-corrected chi connectivity index (χ1v) is 7.93. The van der Waals surface area contributed by atoms with Crippen LogP contribution in [0.1, 0.15) is 5.69 Å². The number of fused-ring (bicyclic) bond motifs is 1. The largest absolute Gasteiger partial charge is 0.367 e. The minimum Gasteiger partial charge on any atom is -0.367 e. The second-order valence-electron chi connectivity index (χ2n) is 5.84. The zero-order valence-corrected chi connectivity index (χ0v) is 13.2. The van der Waals surface area contributed by atoms with Gasteiger partial charge in [0.1, 0.15) is 12.1 Å². The van der Waals surface area contributed by atoms with E-state index < -0.39 is 0 Å². The van der Waals surface area contributed by atoms with Gasteiger partial charge in [-0.15, -0.1) is 0 Å². The van der Waals surface area contributed by atoms with E-state index in [1.165, 1.54) is 11.1 Å². The van der Waals surface area contributed by atoms with Gasteiger partial charge in [0.2, 0.25) is 0 Å². The van der Waals surface area contributed by atoms with Crippen LogP contribution in [-0.4, -0.2) is 41.1 Å². The third-order valence-corrected chi connectivity index (χ3v) is 4.36. The molecule has 0 N–H and O–H groups in total. The summed E-state index contributed by atoms with van der Waals surface area (Å²) in [5, 5.41) is 1.22. The number of anilines is 2. The van der Waals surface area contributed by atoms with Crippen LogP contribution in [0, 0.1) is 6.92 Å². The van der Waals surface area contributed by atoms with Crippen molar-refractivity contribution in [2.75, 3.05) is 36.0 Å². The van der Waals surface area contributed by atoms with Crippen molar-refractivity contribution in [2.24, 2.45) is 0 Å². The molecule has 0 unspecified atom stereocenters. The number of aromatic nitrogens is 3. The van der Waals surface area contributed by atoms with Crippen LogP contribution in [0.3, 0.4) is 0 Å². The van der Waals surface area contributed by atoms with Gasteiger partial charge in [-0.1, -0.05) is 18.2 Å². The molecule has 5 nitrogen and oxygen atoms in total. The van der Waals surface area contributed by atoms with Crippen molar-refractivity contribution >= 4 is 22.4 Å². The molecule has 4 rings (SSSR count). The van der Waals surface area contributed by atoms with Gasteiger partial charge in [0.05, 0.1) is 5.52 Å². The van der Waals surface area contributed by atoms with Crippen molar-refractivity contribution < 1.29 is 0 Å². The molecule has 0 spiro atoms. The molecule has 0 bridgehead atoms. The molecule has 0 aliphatic carbocycles. The van der Waals surface area contributed by atoms with Crippen molar-refractivity contribution in [2.45, 2.75) is 6.92 Å². The smallest absolute Gasteiger partial charge is 0.132 e. The highest BCUT2D eigenvalue weighted by Crippen LogP contribution is 2.26. The lowest BCUT2D eigenvalue weighted by Crippen LogP contribution is -2.47. The monoisotopic (exact) mass is 305 g/mol. The van der Waals surface area contributed by atoms with Crippen LogP contribution in [0.5, 0.6) is 0 Å². The van der Waals surface area contributed by atoms with Crippen LogP contribution >= 0.6 is 0 Å². The van der Waals surface area contributed by atoms with Crippen molar-refractivity contribution in [1.82, 2.24) is 15.0 Å².